The topological polar surface area (TPSA) is 121 Å². The first kappa shape index (κ1) is 23.1. The van der Waals surface area contributed by atoms with Crippen molar-refractivity contribution in [1.82, 2.24) is 14.9 Å². The number of ether oxygens (including phenoxy) is 3. The van der Waals surface area contributed by atoms with Gasteiger partial charge in [0.2, 0.25) is 0 Å². The average molecular weight is 483 g/mol. The van der Waals surface area contributed by atoms with Gasteiger partial charge in [-0.3, -0.25) is 14.7 Å². The van der Waals surface area contributed by atoms with Crippen LogP contribution in [0.2, 0.25) is 0 Å². The Balaban J connectivity index is 1.25. The van der Waals surface area contributed by atoms with Crippen LogP contribution < -0.4 is 20.1 Å². The molecule has 0 bridgehead atoms. The van der Waals surface area contributed by atoms with Gasteiger partial charge in [0.05, 0.1) is 0 Å². The molecule has 0 atom stereocenters. The Hall–Kier alpha value is -4.12. The summed E-state index contributed by atoms with van der Waals surface area (Å²) in [5.41, 5.74) is 3.15. The Morgan fingerprint density at radius 1 is 1.18 bits per heavy atom. The van der Waals surface area contributed by atoms with Crippen molar-refractivity contribution >= 4 is 41.0 Å². The fraction of sp³-hybridized carbons (Fsp3) is 0.217. The van der Waals surface area contributed by atoms with E-state index in [0.717, 1.165) is 22.1 Å². The number of aromatic nitrogens is 2. The van der Waals surface area contributed by atoms with Crippen LogP contribution >= 0.6 is 11.3 Å². The minimum Gasteiger partial charge on any atom is -0.486 e. The van der Waals surface area contributed by atoms with Crippen molar-refractivity contribution in [3.63, 3.8) is 0 Å². The first-order valence-corrected chi connectivity index (χ1v) is 11.2. The number of aryl methyl sites for hydroxylation is 1. The van der Waals surface area contributed by atoms with E-state index < -0.39 is 24.5 Å². The van der Waals surface area contributed by atoms with Crippen molar-refractivity contribution < 1.29 is 28.6 Å². The highest BCUT2D eigenvalue weighted by Gasteiger charge is 2.15. The molecule has 1 aliphatic heterocycles. The number of rotatable bonds is 6. The summed E-state index contributed by atoms with van der Waals surface area (Å²) in [6, 6.07) is 6.04. The predicted octanol–water partition coefficient (Wildman–Crippen LogP) is 3.23. The molecule has 2 N–H and O–H groups in total. The third-order valence-electron chi connectivity index (χ3n) is 4.88. The monoisotopic (exact) mass is 482 g/mol. The van der Waals surface area contributed by atoms with Crippen LogP contribution in [0.25, 0.3) is 11.2 Å². The van der Waals surface area contributed by atoms with Gasteiger partial charge in [0.25, 0.3) is 5.91 Å². The maximum Gasteiger partial charge on any atom is 0.331 e. The number of thiazole rings is 1. The molecule has 0 aliphatic carbocycles. The lowest BCUT2D eigenvalue weighted by atomic mass is 10.2. The third-order valence-corrected chi connectivity index (χ3v) is 5.63. The zero-order valence-corrected chi connectivity index (χ0v) is 19.3. The molecule has 34 heavy (non-hydrogen) atoms. The number of hydrogen-bond acceptors (Lipinski definition) is 8. The van der Waals surface area contributed by atoms with E-state index in [-0.39, 0.29) is 0 Å². The molecule has 2 aromatic heterocycles. The number of anilines is 1. The Labute approximate surface area is 199 Å². The number of imide groups is 1. The summed E-state index contributed by atoms with van der Waals surface area (Å²) in [6.07, 6.45) is 4.57. The summed E-state index contributed by atoms with van der Waals surface area (Å²) >= 11 is 1.51. The molecule has 0 radical (unpaired) electrons. The van der Waals surface area contributed by atoms with Gasteiger partial charge in [-0.15, -0.1) is 11.3 Å². The largest absolute Gasteiger partial charge is 0.486 e. The van der Waals surface area contributed by atoms with E-state index in [1.807, 2.05) is 29.9 Å². The highest BCUT2D eigenvalue weighted by atomic mass is 32.1. The summed E-state index contributed by atoms with van der Waals surface area (Å²) in [5, 5.41) is 7.34. The predicted molar refractivity (Wildman–Crippen MR) is 126 cm³/mol. The van der Waals surface area contributed by atoms with E-state index in [1.54, 1.807) is 30.5 Å². The molecule has 3 heterocycles. The van der Waals surface area contributed by atoms with Crippen LogP contribution in [0, 0.1) is 13.8 Å². The molecule has 176 valence electrons. The SMILES string of the molecule is Cc1cc(/C=C/C(=O)OCC(=O)NC(=O)Nc2ccc3c(c2)OCCO3)c(C)n1-c1nccs1. The third kappa shape index (κ3) is 5.44. The number of esters is 1. The fourth-order valence-electron chi connectivity index (χ4n) is 3.37. The van der Waals surface area contributed by atoms with E-state index >= 15 is 0 Å². The van der Waals surface area contributed by atoms with Gasteiger partial charge >= 0.3 is 12.0 Å². The second kappa shape index (κ2) is 10.2. The molecule has 10 nitrogen and oxygen atoms in total. The molecule has 0 saturated carbocycles. The number of nitrogens with one attached hydrogen (secondary N) is 2. The van der Waals surface area contributed by atoms with Gasteiger partial charge in [0.1, 0.15) is 13.2 Å². The summed E-state index contributed by atoms with van der Waals surface area (Å²) in [7, 11) is 0. The van der Waals surface area contributed by atoms with Crippen LogP contribution in [0.1, 0.15) is 17.0 Å². The van der Waals surface area contributed by atoms with Crippen molar-refractivity contribution in [2.45, 2.75) is 13.8 Å². The standard InChI is InChI=1S/C23H22N4O6S/c1-14-11-16(15(2)27(14)23-24-7-10-34-23)3-6-21(29)33-13-20(28)26-22(30)25-17-4-5-18-19(12-17)32-9-8-31-18/h3-7,10-12H,8-9,13H2,1-2H3,(H2,25,26,28,30)/b6-3+. The molecule has 1 aliphatic rings. The minimum atomic E-state index is -0.765. The number of benzene rings is 1. The molecule has 0 saturated heterocycles. The van der Waals surface area contributed by atoms with Crippen LogP contribution in [0.5, 0.6) is 11.5 Å². The Morgan fingerprint density at radius 3 is 2.74 bits per heavy atom. The van der Waals surface area contributed by atoms with E-state index in [4.69, 9.17) is 14.2 Å². The number of amides is 3. The van der Waals surface area contributed by atoms with E-state index in [0.29, 0.717) is 30.4 Å². The van der Waals surface area contributed by atoms with E-state index in [1.165, 1.54) is 17.4 Å². The summed E-state index contributed by atoms with van der Waals surface area (Å²) in [6.45, 7) is 4.15. The van der Waals surface area contributed by atoms with Gasteiger partial charge in [-0.25, -0.2) is 14.6 Å². The van der Waals surface area contributed by atoms with Crippen molar-refractivity contribution in [3.8, 4) is 16.6 Å². The first-order valence-electron chi connectivity index (χ1n) is 10.3. The number of fused-ring (bicyclic) bond motifs is 1. The Bertz CT molecular complexity index is 1250. The average Bonchev–Trinajstić information content (AvgIpc) is 3.43. The highest BCUT2D eigenvalue weighted by Crippen LogP contribution is 2.32. The first-order chi connectivity index (χ1) is 16.4. The number of urea groups is 1. The Morgan fingerprint density at radius 2 is 1.97 bits per heavy atom. The smallest absolute Gasteiger partial charge is 0.331 e. The van der Waals surface area contributed by atoms with Gasteiger partial charge in [0, 0.05) is 40.8 Å². The fourth-order valence-corrected chi connectivity index (χ4v) is 4.12. The van der Waals surface area contributed by atoms with Gasteiger partial charge < -0.3 is 19.5 Å². The van der Waals surface area contributed by atoms with Gasteiger partial charge in [-0.2, -0.15) is 0 Å². The second-order valence-electron chi connectivity index (χ2n) is 7.28. The molecule has 0 unspecified atom stereocenters. The lowest BCUT2D eigenvalue weighted by molar-refractivity contribution is -0.143. The summed E-state index contributed by atoms with van der Waals surface area (Å²) in [4.78, 5) is 40.3. The maximum atomic E-state index is 12.0. The Kier molecular flexibility index (Phi) is 6.93. The van der Waals surface area contributed by atoms with E-state index in [9.17, 15) is 14.4 Å². The normalized spacial score (nSPS) is 12.4. The number of nitrogens with zero attached hydrogens (tertiary/aromatic N) is 2. The summed E-state index contributed by atoms with van der Waals surface area (Å²) in [5.74, 6) is -0.387. The highest BCUT2D eigenvalue weighted by molar-refractivity contribution is 7.12. The molecule has 1 aromatic carbocycles. The minimum absolute atomic E-state index is 0.414. The molecule has 3 amide bonds. The second-order valence-corrected chi connectivity index (χ2v) is 8.15. The maximum absolute atomic E-state index is 12.0. The quantitative estimate of drug-likeness (QED) is 0.409. The number of carbonyl (C=O) groups excluding carboxylic acids is 3. The van der Waals surface area contributed by atoms with Crippen molar-refractivity contribution in [1.29, 1.82) is 0 Å². The lowest BCUT2D eigenvalue weighted by Crippen LogP contribution is -2.37. The van der Waals surface area contributed by atoms with Crippen molar-refractivity contribution in [3.05, 3.63) is 58.9 Å². The molecule has 0 fully saturated rings. The van der Waals surface area contributed by atoms with E-state index in [2.05, 4.69) is 15.6 Å². The van der Waals surface area contributed by atoms with Crippen LogP contribution in [-0.4, -0.2) is 47.3 Å². The lowest BCUT2D eigenvalue weighted by Gasteiger charge is -2.19. The van der Waals surface area contributed by atoms with Crippen LogP contribution in [0.4, 0.5) is 10.5 Å². The van der Waals surface area contributed by atoms with Gasteiger partial charge in [0.15, 0.2) is 23.2 Å². The zero-order valence-electron chi connectivity index (χ0n) is 18.5. The zero-order chi connectivity index (χ0) is 24.1. The molecule has 3 aromatic rings. The molecule has 11 heteroatoms. The van der Waals surface area contributed by atoms with Crippen molar-refractivity contribution in [2.24, 2.45) is 0 Å². The molecular weight excluding hydrogens is 460 g/mol. The molecular formula is C23H22N4O6S. The van der Waals surface area contributed by atoms with Gasteiger partial charge in [-0.05, 0) is 43.7 Å². The molecule has 0 spiro atoms. The number of carbonyl (C=O) groups is 3. The van der Waals surface area contributed by atoms with Crippen LogP contribution in [0.15, 0.2) is 41.9 Å². The van der Waals surface area contributed by atoms with Crippen molar-refractivity contribution in [2.75, 3.05) is 25.1 Å². The van der Waals surface area contributed by atoms with Crippen LogP contribution in [0.3, 0.4) is 0 Å². The number of hydrogen-bond donors (Lipinski definition) is 2. The molecule has 4 rings (SSSR count). The van der Waals surface area contributed by atoms with Crippen LogP contribution in [-0.2, 0) is 14.3 Å². The van der Waals surface area contributed by atoms with Gasteiger partial charge in [-0.1, -0.05) is 0 Å². The summed E-state index contributed by atoms with van der Waals surface area (Å²) < 4.78 is 17.8.